The van der Waals surface area contributed by atoms with E-state index in [2.05, 4.69) is 9.97 Å². The summed E-state index contributed by atoms with van der Waals surface area (Å²) in [4.78, 5) is 8.78. The van der Waals surface area contributed by atoms with Gasteiger partial charge in [0, 0.05) is 17.3 Å². The summed E-state index contributed by atoms with van der Waals surface area (Å²) in [5.41, 5.74) is -1.67. The van der Waals surface area contributed by atoms with Crippen LogP contribution in [0.1, 0.15) is 11.1 Å². The fraction of sp³-hybridized carbons (Fsp3) is 0.0909. The largest absolute Gasteiger partial charge is 0.416 e. The van der Waals surface area contributed by atoms with Crippen LogP contribution in [-0.4, -0.2) is 18.4 Å². The minimum atomic E-state index is -4.74. The molecule has 0 fully saturated rings. The van der Waals surface area contributed by atoms with Gasteiger partial charge in [0.25, 0.3) is 0 Å². The van der Waals surface area contributed by atoms with Gasteiger partial charge in [-0.3, -0.25) is 4.98 Å². The lowest BCUT2D eigenvalue weighted by atomic mass is 10.0. The highest BCUT2D eigenvalue weighted by Crippen LogP contribution is 2.37. The zero-order valence-corrected chi connectivity index (χ0v) is 18.9. The Kier molecular flexibility index (Phi) is 6.19. The van der Waals surface area contributed by atoms with Crippen LogP contribution in [0.25, 0.3) is 33.1 Å². The van der Waals surface area contributed by atoms with E-state index in [1.807, 2.05) is 0 Å². The number of alkyl halides is 6. The SMILES string of the molecule is NS(=O)(=O)c1ccc(-c2cc(-c3cc(C(F)(F)F)cc(-c4ccc(C(F)(F)F)cc4)n3)ccn2)s1. The van der Waals surface area contributed by atoms with Gasteiger partial charge in [-0.2, -0.15) is 26.3 Å². The van der Waals surface area contributed by atoms with E-state index in [9.17, 15) is 34.8 Å². The highest BCUT2D eigenvalue weighted by Gasteiger charge is 2.33. The van der Waals surface area contributed by atoms with Crippen LogP contribution in [-0.2, 0) is 22.4 Å². The van der Waals surface area contributed by atoms with Crippen molar-refractivity contribution in [1.82, 2.24) is 9.97 Å². The number of hydrogen-bond acceptors (Lipinski definition) is 5. The Morgan fingerprint density at radius 2 is 1.31 bits per heavy atom. The number of sulfonamides is 1. The number of nitrogens with zero attached hydrogens (tertiary/aromatic N) is 2. The number of halogens is 6. The minimum Gasteiger partial charge on any atom is -0.255 e. The summed E-state index contributed by atoms with van der Waals surface area (Å²) in [5, 5.41) is 5.11. The predicted octanol–water partition coefficient (Wildman–Crippen LogP) is 6.22. The molecule has 4 aromatic rings. The molecule has 5 nitrogen and oxygen atoms in total. The van der Waals surface area contributed by atoms with Gasteiger partial charge in [0.1, 0.15) is 4.21 Å². The van der Waals surface area contributed by atoms with E-state index in [4.69, 9.17) is 5.14 Å². The first-order valence-electron chi connectivity index (χ1n) is 9.58. The molecule has 0 aliphatic heterocycles. The van der Waals surface area contributed by atoms with Crippen LogP contribution in [0.15, 0.2) is 71.1 Å². The third kappa shape index (κ3) is 5.52. The van der Waals surface area contributed by atoms with Gasteiger partial charge in [-0.15, -0.1) is 11.3 Å². The van der Waals surface area contributed by atoms with E-state index in [1.165, 1.54) is 30.5 Å². The van der Waals surface area contributed by atoms with Crippen LogP contribution < -0.4 is 5.14 Å². The van der Waals surface area contributed by atoms with Crippen molar-refractivity contribution in [1.29, 1.82) is 0 Å². The molecule has 0 saturated carbocycles. The van der Waals surface area contributed by atoms with E-state index in [0.29, 0.717) is 4.88 Å². The van der Waals surface area contributed by atoms with E-state index >= 15 is 0 Å². The molecule has 3 heterocycles. The molecule has 2 N–H and O–H groups in total. The molecule has 35 heavy (non-hydrogen) atoms. The van der Waals surface area contributed by atoms with Crippen molar-refractivity contribution < 1.29 is 34.8 Å². The maximum Gasteiger partial charge on any atom is 0.416 e. The summed E-state index contributed by atoms with van der Waals surface area (Å²) >= 11 is 0.840. The molecule has 0 unspecified atom stereocenters. The van der Waals surface area contributed by atoms with E-state index in [0.717, 1.165) is 47.7 Å². The minimum absolute atomic E-state index is 0.0654. The maximum absolute atomic E-state index is 13.6. The van der Waals surface area contributed by atoms with Crippen LogP contribution in [0.3, 0.4) is 0 Å². The molecule has 0 aliphatic rings. The normalized spacial score (nSPS) is 12.7. The summed E-state index contributed by atoms with van der Waals surface area (Å²) in [6.07, 6.45) is -8.02. The van der Waals surface area contributed by atoms with Gasteiger partial charge in [0.05, 0.1) is 33.1 Å². The van der Waals surface area contributed by atoms with Crippen molar-refractivity contribution in [3.05, 3.63) is 78.0 Å². The van der Waals surface area contributed by atoms with E-state index in [-0.39, 0.29) is 32.4 Å². The molecule has 0 bridgehead atoms. The van der Waals surface area contributed by atoms with Crippen molar-refractivity contribution in [2.45, 2.75) is 16.6 Å². The van der Waals surface area contributed by atoms with Gasteiger partial charge in [-0.1, -0.05) is 12.1 Å². The Labute approximate surface area is 199 Å². The summed E-state index contributed by atoms with van der Waals surface area (Å²) < 4.78 is 102. The summed E-state index contributed by atoms with van der Waals surface area (Å²) in [5.74, 6) is 0. The van der Waals surface area contributed by atoms with Gasteiger partial charge in [0.15, 0.2) is 0 Å². The van der Waals surface area contributed by atoms with Crippen LogP contribution in [0.5, 0.6) is 0 Å². The lowest BCUT2D eigenvalue weighted by molar-refractivity contribution is -0.138. The average Bonchev–Trinajstić information content (AvgIpc) is 3.29. The number of benzene rings is 1. The van der Waals surface area contributed by atoms with Crippen LogP contribution in [0.4, 0.5) is 26.3 Å². The molecule has 4 rings (SSSR count). The molecular formula is C22H13F6N3O2S2. The lowest BCUT2D eigenvalue weighted by Crippen LogP contribution is -2.09. The molecule has 0 spiro atoms. The van der Waals surface area contributed by atoms with Gasteiger partial charge in [0.2, 0.25) is 10.0 Å². The van der Waals surface area contributed by atoms with Crippen molar-refractivity contribution >= 4 is 21.4 Å². The smallest absolute Gasteiger partial charge is 0.255 e. The van der Waals surface area contributed by atoms with E-state index < -0.39 is 33.5 Å². The maximum atomic E-state index is 13.6. The quantitative estimate of drug-likeness (QED) is 0.318. The Hall–Kier alpha value is -3.29. The second-order valence-corrected chi connectivity index (χ2v) is 10.2. The Balaban J connectivity index is 1.80. The van der Waals surface area contributed by atoms with Crippen LogP contribution in [0, 0.1) is 0 Å². The fourth-order valence-electron chi connectivity index (χ4n) is 3.16. The first kappa shape index (κ1) is 24.8. The second kappa shape index (κ2) is 8.73. The molecule has 3 aromatic heterocycles. The topological polar surface area (TPSA) is 85.9 Å². The molecule has 13 heteroatoms. The predicted molar refractivity (Wildman–Crippen MR) is 118 cm³/mol. The number of pyridine rings is 2. The average molecular weight is 529 g/mol. The first-order valence-corrected chi connectivity index (χ1v) is 11.9. The molecular weight excluding hydrogens is 516 g/mol. The Morgan fingerprint density at radius 3 is 1.86 bits per heavy atom. The lowest BCUT2D eigenvalue weighted by Gasteiger charge is -2.13. The molecule has 182 valence electrons. The third-order valence-corrected chi connectivity index (χ3v) is 7.38. The van der Waals surface area contributed by atoms with Crippen molar-refractivity contribution in [3.63, 3.8) is 0 Å². The number of nitrogens with two attached hydrogens (primary N) is 1. The third-order valence-electron chi connectivity index (χ3n) is 4.83. The molecule has 0 amide bonds. The van der Waals surface area contributed by atoms with Crippen molar-refractivity contribution in [2.24, 2.45) is 5.14 Å². The fourth-order valence-corrected chi connectivity index (χ4v) is 4.85. The molecule has 1 aromatic carbocycles. The Bertz CT molecular complexity index is 1490. The number of rotatable bonds is 4. The summed E-state index contributed by atoms with van der Waals surface area (Å²) in [6, 6.07) is 10.8. The standard InChI is InChI=1S/C22H13F6N3O2S2/c23-21(24,25)14-3-1-12(2-4-14)16-10-15(22(26,27)28)11-17(31-16)13-7-8-30-18(9-13)19-5-6-20(34-19)35(29,32)33/h1-11H,(H2,29,32,33). The molecule has 0 saturated heterocycles. The van der Waals surface area contributed by atoms with Gasteiger partial charge < -0.3 is 0 Å². The highest BCUT2D eigenvalue weighted by atomic mass is 32.2. The van der Waals surface area contributed by atoms with E-state index in [1.54, 1.807) is 0 Å². The number of hydrogen-bond donors (Lipinski definition) is 1. The summed E-state index contributed by atoms with van der Waals surface area (Å²) in [6.45, 7) is 0. The number of thiophene rings is 1. The zero-order valence-electron chi connectivity index (χ0n) is 17.2. The summed E-state index contributed by atoms with van der Waals surface area (Å²) in [7, 11) is -3.94. The van der Waals surface area contributed by atoms with Gasteiger partial charge in [-0.05, 0) is 48.5 Å². The monoisotopic (exact) mass is 529 g/mol. The van der Waals surface area contributed by atoms with Crippen molar-refractivity contribution in [2.75, 3.05) is 0 Å². The van der Waals surface area contributed by atoms with Crippen LogP contribution in [0.2, 0.25) is 0 Å². The highest BCUT2D eigenvalue weighted by molar-refractivity contribution is 7.91. The zero-order chi connectivity index (χ0) is 25.6. The Morgan fingerprint density at radius 1 is 0.714 bits per heavy atom. The van der Waals surface area contributed by atoms with Crippen molar-refractivity contribution in [3.8, 4) is 33.1 Å². The van der Waals surface area contributed by atoms with Gasteiger partial charge >= 0.3 is 12.4 Å². The number of aromatic nitrogens is 2. The molecule has 0 radical (unpaired) electrons. The second-order valence-electron chi connectivity index (χ2n) is 7.29. The first-order chi connectivity index (χ1) is 16.2. The molecule has 0 aliphatic carbocycles. The number of primary sulfonamides is 1. The molecule has 0 atom stereocenters. The van der Waals surface area contributed by atoms with Gasteiger partial charge in [-0.25, -0.2) is 18.5 Å². The van der Waals surface area contributed by atoms with Crippen LogP contribution >= 0.6 is 11.3 Å².